The van der Waals surface area contributed by atoms with E-state index < -0.39 is 0 Å². The maximum Gasteiger partial charge on any atom is 0.122 e. The molecule has 1 aromatic heterocycles. The van der Waals surface area contributed by atoms with Crippen LogP contribution in [0.5, 0.6) is 0 Å². The first-order valence-electron chi connectivity index (χ1n) is 8.38. The van der Waals surface area contributed by atoms with Crippen LogP contribution in [0.15, 0.2) is 16.7 Å². The van der Waals surface area contributed by atoms with Gasteiger partial charge in [-0.1, -0.05) is 13.8 Å². The zero-order valence-electron chi connectivity index (χ0n) is 14.4. The van der Waals surface area contributed by atoms with Crippen molar-refractivity contribution in [1.82, 2.24) is 10.2 Å². The number of hydrogen-bond acceptors (Lipinski definition) is 3. The molecule has 0 saturated carbocycles. The largest absolute Gasteiger partial charge is 0.468 e. The molecule has 120 valence electrons. The molecule has 1 aliphatic rings. The van der Waals surface area contributed by atoms with Crippen molar-refractivity contribution in [3.05, 3.63) is 23.7 Å². The van der Waals surface area contributed by atoms with Crippen molar-refractivity contribution in [2.75, 3.05) is 13.1 Å². The summed E-state index contributed by atoms with van der Waals surface area (Å²) in [6.45, 7) is 15.5. The molecule has 1 N–H and O–H groups in total. The third-order valence-corrected chi connectivity index (χ3v) is 4.59. The Morgan fingerprint density at radius 3 is 2.52 bits per heavy atom. The summed E-state index contributed by atoms with van der Waals surface area (Å²) in [6.07, 6.45) is 4.48. The smallest absolute Gasteiger partial charge is 0.122 e. The molecule has 1 aromatic rings. The summed E-state index contributed by atoms with van der Waals surface area (Å²) in [5, 5.41) is 3.55. The molecule has 0 bridgehead atoms. The van der Waals surface area contributed by atoms with Gasteiger partial charge in [0.1, 0.15) is 5.76 Å². The average Bonchev–Trinajstić information content (AvgIpc) is 2.83. The van der Waals surface area contributed by atoms with Gasteiger partial charge in [-0.15, -0.1) is 0 Å². The number of piperidine rings is 1. The summed E-state index contributed by atoms with van der Waals surface area (Å²) in [6, 6.07) is 2.11. The number of furan rings is 1. The molecule has 2 rings (SSSR count). The van der Waals surface area contributed by atoms with Crippen LogP contribution in [0.25, 0.3) is 0 Å². The third kappa shape index (κ3) is 5.15. The quantitative estimate of drug-likeness (QED) is 0.888. The van der Waals surface area contributed by atoms with E-state index in [4.69, 9.17) is 4.42 Å². The van der Waals surface area contributed by atoms with Crippen molar-refractivity contribution in [2.45, 2.75) is 66.1 Å². The van der Waals surface area contributed by atoms with Crippen LogP contribution in [0.1, 0.15) is 58.8 Å². The molecule has 0 unspecified atom stereocenters. The molecule has 3 heteroatoms. The monoisotopic (exact) mass is 292 g/mol. The van der Waals surface area contributed by atoms with Crippen LogP contribution in [0.4, 0.5) is 0 Å². The zero-order chi connectivity index (χ0) is 15.5. The number of nitrogens with one attached hydrogen (secondary N) is 1. The Morgan fingerprint density at radius 1 is 1.29 bits per heavy atom. The number of rotatable bonds is 5. The van der Waals surface area contributed by atoms with Gasteiger partial charge in [-0.25, -0.2) is 0 Å². The van der Waals surface area contributed by atoms with E-state index in [-0.39, 0.29) is 5.54 Å². The van der Waals surface area contributed by atoms with Crippen LogP contribution in [0, 0.1) is 11.8 Å². The summed E-state index contributed by atoms with van der Waals surface area (Å²) in [5.41, 5.74) is 1.44. The average molecular weight is 292 g/mol. The second-order valence-electron chi connectivity index (χ2n) is 7.83. The van der Waals surface area contributed by atoms with E-state index in [1.165, 1.54) is 31.5 Å². The molecule has 0 aromatic carbocycles. The standard InChI is InChI=1S/C18H32N2O/c1-14(2)15-6-9-20(10-7-15)13-17-16(8-11-21-17)12-19-18(3,4)5/h8,11,14-15,19H,6-7,9-10,12-13H2,1-5H3. The fourth-order valence-corrected chi connectivity index (χ4v) is 3.00. The van der Waals surface area contributed by atoms with Gasteiger partial charge in [-0.2, -0.15) is 0 Å². The van der Waals surface area contributed by atoms with E-state index in [2.05, 4.69) is 50.9 Å². The van der Waals surface area contributed by atoms with E-state index in [9.17, 15) is 0 Å². The predicted molar refractivity (Wildman–Crippen MR) is 88.1 cm³/mol. The fourth-order valence-electron chi connectivity index (χ4n) is 3.00. The van der Waals surface area contributed by atoms with Crippen molar-refractivity contribution < 1.29 is 4.42 Å². The first-order valence-corrected chi connectivity index (χ1v) is 8.38. The first kappa shape index (κ1) is 16.6. The maximum atomic E-state index is 5.73. The molecule has 2 heterocycles. The number of nitrogens with zero attached hydrogens (tertiary/aromatic N) is 1. The Bertz CT molecular complexity index is 423. The van der Waals surface area contributed by atoms with E-state index in [0.717, 1.165) is 30.7 Å². The van der Waals surface area contributed by atoms with Gasteiger partial charge in [0, 0.05) is 17.6 Å². The predicted octanol–water partition coefficient (Wildman–Crippen LogP) is 4.04. The second kappa shape index (κ2) is 6.97. The lowest BCUT2D eigenvalue weighted by Gasteiger charge is -2.33. The summed E-state index contributed by atoms with van der Waals surface area (Å²) >= 11 is 0. The van der Waals surface area contributed by atoms with Crippen LogP contribution in [0.3, 0.4) is 0 Å². The van der Waals surface area contributed by atoms with Gasteiger partial charge in [0.15, 0.2) is 0 Å². The molecule has 21 heavy (non-hydrogen) atoms. The van der Waals surface area contributed by atoms with E-state index >= 15 is 0 Å². The molecule has 0 atom stereocenters. The van der Waals surface area contributed by atoms with Crippen LogP contribution in [-0.2, 0) is 13.1 Å². The molecule has 0 spiro atoms. The fraction of sp³-hybridized carbons (Fsp3) is 0.778. The molecular weight excluding hydrogens is 260 g/mol. The highest BCUT2D eigenvalue weighted by molar-refractivity contribution is 5.17. The van der Waals surface area contributed by atoms with Crippen LogP contribution < -0.4 is 5.32 Å². The normalized spacial score (nSPS) is 18.6. The molecule has 3 nitrogen and oxygen atoms in total. The van der Waals surface area contributed by atoms with Gasteiger partial charge in [-0.3, -0.25) is 4.90 Å². The van der Waals surface area contributed by atoms with Gasteiger partial charge < -0.3 is 9.73 Å². The van der Waals surface area contributed by atoms with Gasteiger partial charge in [0.2, 0.25) is 0 Å². The molecule has 0 radical (unpaired) electrons. The highest BCUT2D eigenvalue weighted by Gasteiger charge is 2.23. The van der Waals surface area contributed by atoms with Crippen molar-refractivity contribution in [2.24, 2.45) is 11.8 Å². The van der Waals surface area contributed by atoms with E-state index in [1.807, 2.05) is 6.26 Å². The second-order valence-corrected chi connectivity index (χ2v) is 7.83. The molecule has 1 aliphatic heterocycles. The Balaban J connectivity index is 1.85. The Labute approximate surface area is 130 Å². The maximum absolute atomic E-state index is 5.73. The van der Waals surface area contributed by atoms with Gasteiger partial charge in [0.05, 0.1) is 12.8 Å². The lowest BCUT2D eigenvalue weighted by molar-refractivity contribution is 0.143. The lowest BCUT2D eigenvalue weighted by Crippen LogP contribution is -2.36. The molecule has 0 amide bonds. The minimum Gasteiger partial charge on any atom is -0.468 e. The minimum absolute atomic E-state index is 0.143. The highest BCUT2D eigenvalue weighted by atomic mass is 16.3. The Morgan fingerprint density at radius 2 is 1.95 bits per heavy atom. The topological polar surface area (TPSA) is 28.4 Å². The minimum atomic E-state index is 0.143. The van der Waals surface area contributed by atoms with Gasteiger partial charge in [0.25, 0.3) is 0 Å². The number of hydrogen-bond donors (Lipinski definition) is 1. The molecule has 1 saturated heterocycles. The summed E-state index contributed by atoms with van der Waals surface area (Å²) in [7, 11) is 0. The van der Waals surface area contributed by atoms with Crippen LogP contribution in [0.2, 0.25) is 0 Å². The molecule has 1 fully saturated rings. The van der Waals surface area contributed by atoms with Gasteiger partial charge in [-0.05, 0) is 64.6 Å². The first-order chi connectivity index (χ1) is 9.85. The Kier molecular flexibility index (Phi) is 5.50. The highest BCUT2D eigenvalue weighted by Crippen LogP contribution is 2.26. The lowest BCUT2D eigenvalue weighted by atomic mass is 9.87. The van der Waals surface area contributed by atoms with Crippen molar-refractivity contribution in [3.8, 4) is 0 Å². The summed E-state index contributed by atoms with van der Waals surface area (Å²) < 4.78 is 5.73. The van der Waals surface area contributed by atoms with Crippen molar-refractivity contribution >= 4 is 0 Å². The van der Waals surface area contributed by atoms with Gasteiger partial charge >= 0.3 is 0 Å². The van der Waals surface area contributed by atoms with E-state index in [0.29, 0.717) is 0 Å². The van der Waals surface area contributed by atoms with Crippen LogP contribution in [-0.4, -0.2) is 23.5 Å². The SMILES string of the molecule is CC(C)C1CCN(Cc2occc2CNC(C)(C)C)CC1. The van der Waals surface area contributed by atoms with Crippen LogP contribution >= 0.6 is 0 Å². The molecular formula is C18H32N2O. The summed E-state index contributed by atoms with van der Waals surface area (Å²) in [4.78, 5) is 2.54. The third-order valence-electron chi connectivity index (χ3n) is 4.59. The van der Waals surface area contributed by atoms with E-state index in [1.54, 1.807) is 0 Å². The summed E-state index contributed by atoms with van der Waals surface area (Å²) in [5.74, 6) is 2.86. The van der Waals surface area contributed by atoms with Crippen molar-refractivity contribution in [3.63, 3.8) is 0 Å². The zero-order valence-corrected chi connectivity index (χ0v) is 14.4. The molecule has 0 aliphatic carbocycles. The van der Waals surface area contributed by atoms with Crippen molar-refractivity contribution in [1.29, 1.82) is 0 Å². The Hall–Kier alpha value is -0.800. The number of likely N-dealkylation sites (tertiary alicyclic amines) is 1.